The van der Waals surface area contributed by atoms with Gasteiger partial charge in [-0.15, -0.1) is 0 Å². The van der Waals surface area contributed by atoms with Gasteiger partial charge in [-0.25, -0.2) is 0 Å². The van der Waals surface area contributed by atoms with Crippen molar-refractivity contribution in [3.05, 3.63) is 34.4 Å². The van der Waals surface area contributed by atoms with E-state index < -0.39 is 0 Å². The van der Waals surface area contributed by atoms with Crippen molar-refractivity contribution in [2.24, 2.45) is 5.73 Å². The summed E-state index contributed by atoms with van der Waals surface area (Å²) in [5, 5.41) is 0. The van der Waals surface area contributed by atoms with Gasteiger partial charge in [-0.05, 0) is 57.4 Å². The summed E-state index contributed by atoms with van der Waals surface area (Å²) in [5.41, 5.74) is 11.7. The van der Waals surface area contributed by atoms with Crippen molar-refractivity contribution in [2.75, 3.05) is 13.6 Å². The third-order valence-corrected chi connectivity index (χ3v) is 4.94. The summed E-state index contributed by atoms with van der Waals surface area (Å²) >= 11 is 0. The molecule has 0 heterocycles. The van der Waals surface area contributed by atoms with E-state index in [1.807, 2.05) is 0 Å². The fourth-order valence-electron chi connectivity index (χ4n) is 3.95. The second kappa shape index (κ2) is 6.73. The smallest absolute Gasteiger partial charge is 0.0475 e. The molecule has 2 N–H and O–H groups in total. The maximum absolute atomic E-state index is 6.15. The Labute approximate surface area is 124 Å². The standard InChI is InChI=1S/C18H30N2/c1-13-10-14(2)18(15(3)11-13)17(12-19)20(4)16-8-6-5-7-9-16/h10-11,16-17H,5-9,12,19H2,1-4H3. The fourth-order valence-corrected chi connectivity index (χ4v) is 3.95. The van der Waals surface area contributed by atoms with Gasteiger partial charge in [0.2, 0.25) is 0 Å². The molecule has 1 aromatic carbocycles. The number of hydrogen-bond acceptors (Lipinski definition) is 2. The lowest BCUT2D eigenvalue weighted by Gasteiger charge is -2.38. The van der Waals surface area contributed by atoms with Crippen molar-refractivity contribution in [1.29, 1.82) is 0 Å². The lowest BCUT2D eigenvalue weighted by molar-refractivity contribution is 0.140. The Hall–Kier alpha value is -0.860. The molecule has 0 bridgehead atoms. The highest BCUT2D eigenvalue weighted by molar-refractivity contribution is 5.40. The highest BCUT2D eigenvalue weighted by Crippen LogP contribution is 2.32. The number of nitrogens with zero attached hydrogens (tertiary/aromatic N) is 1. The minimum absolute atomic E-state index is 0.360. The average molecular weight is 274 g/mol. The average Bonchev–Trinajstić information content (AvgIpc) is 2.43. The Morgan fingerprint density at radius 3 is 2.15 bits per heavy atom. The largest absolute Gasteiger partial charge is 0.329 e. The van der Waals surface area contributed by atoms with Crippen molar-refractivity contribution in [1.82, 2.24) is 4.90 Å². The first-order valence-electron chi connectivity index (χ1n) is 8.04. The van der Waals surface area contributed by atoms with Gasteiger partial charge in [0.15, 0.2) is 0 Å². The van der Waals surface area contributed by atoms with Crippen molar-refractivity contribution < 1.29 is 0 Å². The monoisotopic (exact) mass is 274 g/mol. The third-order valence-electron chi connectivity index (χ3n) is 4.94. The Bertz CT molecular complexity index is 424. The summed E-state index contributed by atoms with van der Waals surface area (Å²) in [4.78, 5) is 2.55. The molecule has 0 amide bonds. The highest BCUT2D eigenvalue weighted by Gasteiger charge is 2.26. The van der Waals surface area contributed by atoms with E-state index in [4.69, 9.17) is 5.73 Å². The van der Waals surface area contributed by atoms with Crippen LogP contribution in [0.2, 0.25) is 0 Å². The second-order valence-electron chi connectivity index (χ2n) is 6.52. The number of likely N-dealkylation sites (N-methyl/N-ethyl adjacent to an activating group) is 1. The molecule has 0 aliphatic heterocycles. The van der Waals surface area contributed by atoms with E-state index >= 15 is 0 Å². The van der Waals surface area contributed by atoms with Crippen LogP contribution in [0.25, 0.3) is 0 Å². The van der Waals surface area contributed by atoms with Crippen LogP contribution in [0.15, 0.2) is 12.1 Å². The summed E-state index contributed by atoms with van der Waals surface area (Å²) in [7, 11) is 2.27. The molecule has 20 heavy (non-hydrogen) atoms. The molecule has 1 fully saturated rings. The molecule has 1 aliphatic carbocycles. The number of aryl methyl sites for hydroxylation is 3. The van der Waals surface area contributed by atoms with Gasteiger partial charge in [0.25, 0.3) is 0 Å². The lowest BCUT2D eigenvalue weighted by Crippen LogP contribution is -2.40. The van der Waals surface area contributed by atoms with Crippen LogP contribution < -0.4 is 5.73 Å². The van der Waals surface area contributed by atoms with Crippen LogP contribution in [0.1, 0.15) is 60.4 Å². The van der Waals surface area contributed by atoms with E-state index in [-0.39, 0.29) is 0 Å². The van der Waals surface area contributed by atoms with Crippen LogP contribution in [0, 0.1) is 20.8 Å². The maximum atomic E-state index is 6.15. The van der Waals surface area contributed by atoms with Crippen LogP contribution in [-0.2, 0) is 0 Å². The van der Waals surface area contributed by atoms with E-state index in [0.717, 1.165) is 0 Å². The Morgan fingerprint density at radius 1 is 1.10 bits per heavy atom. The summed E-state index contributed by atoms with van der Waals surface area (Å²) in [6.07, 6.45) is 6.81. The molecule has 0 radical (unpaired) electrons. The first kappa shape index (κ1) is 15.5. The lowest BCUT2D eigenvalue weighted by atomic mass is 9.89. The van der Waals surface area contributed by atoms with E-state index in [1.54, 1.807) is 0 Å². The fraction of sp³-hybridized carbons (Fsp3) is 0.667. The topological polar surface area (TPSA) is 29.3 Å². The van der Waals surface area contributed by atoms with Crippen molar-refractivity contribution >= 4 is 0 Å². The molecule has 1 aromatic rings. The van der Waals surface area contributed by atoms with Gasteiger partial charge in [-0.2, -0.15) is 0 Å². The van der Waals surface area contributed by atoms with Crippen LogP contribution >= 0.6 is 0 Å². The van der Waals surface area contributed by atoms with Crippen molar-refractivity contribution in [2.45, 2.75) is 65.0 Å². The molecule has 1 aliphatic rings. The normalized spacial score (nSPS) is 18.5. The van der Waals surface area contributed by atoms with Gasteiger partial charge < -0.3 is 5.73 Å². The van der Waals surface area contributed by atoms with Crippen LogP contribution in [0.5, 0.6) is 0 Å². The highest BCUT2D eigenvalue weighted by atomic mass is 15.2. The Morgan fingerprint density at radius 2 is 1.65 bits per heavy atom. The first-order chi connectivity index (χ1) is 9.54. The van der Waals surface area contributed by atoms with Gasteiger partial charge in [0, 0.05) is 18.6 Å². The maximum Gasteiger partial charge on any atom is 0.0475 e. The van der Waals surface area contributed by atoms with Crippen molar-refractivity contribution in [3.8, 4) is 0 Å². The van der Waals surface area contributed by atoms with Crippen molar-refractivity contribution in [3.63, 3.8) is 0 Å². The zero-order valence-electron chi connectivity index (χ0n) is 13.6. The van der Waals surface area contributed by atoms with Gasteiger partial charge in [0.05, 0.1) is 0 Å². The molecule has 0 saturated heterocycles. The van der Waals surface area contributed by atoms with E-state index in [2.05, 4.69) is 44.9 Å². The van der Waals surface area contributed by atoms with E-state index in [9.17, 15) is 0 Å². The molecular formula is C18H30N2. The molecule has 1 saturated carbocycles. The molecule has 2 rings (SSSR count). The molecule has 1 unspecified atom stereocenters. The first-order valence-corrected chi connectivity index (χ1v) is 8.04. The Balaban J connectivity index is 2.27. The van der Waals surface area contributed by atoms with Gasteiger partial charge >= 0.3 is 0 Å². The molecule has 112 valence electrons. The predicted octanol–water partition coefficient (Wildman–Crippen LogP) is 3.88. The summed E-state index contributed by atoms with van der Waals surface area (Å²) < 4.78 is 0. The number of nitrogens with two attached hydrogens (primary N) is 1. The molecular weight excluding hydrogens is 244 g/mol. The molecule has 2 nitrogen and oxygen atoms in total. The summed E-state index contributed by atoms with van der Waals surface area (Å²) in [5.74, 6) is 0. The van der Waals surface area contributed by atoms with Gasteiger partial charge in [0.1, 0.15) is 0 Å². The van der Waals surface area contributed by atoms with Gasteiger partial charge in [-0.1, -0.05) is 37.0 Å². The molecule has 2 heteroatoms. The van der Waals surface area contributed by atoms with Crippen LogP contribution in [-0.4, -0.2) is 24.5 Å². The zero-order valence-corrected chi connectivity index (χ0v) is 13.6. The molecule has 1 atom stereocenters. The van der Waals surface area contributed by atoms with Gasteiger partial charge in [-0.3, -0.25) is 4.90 Å². The zero-order chi connectivity index (χ0) is 14.7. The number of hydrogen-bond donors (Lipinski definition) is 1. The van der Waals surface area contributed by atoms with E-state index in [0.29, 0.717) is 18.6 Å². The van der Waals surface area contributed by atoms with Crippen LogP contribution in [0.3, 0.4) is 0 Å². The predicted molar refractivity (Wildman–Crippen MR) is 87.1 cm³/mol. The quantitative estimate of drug-likeness (QED) is 0.903. The Kier molecular flexibility index (Phi) is 5.22. The second-order valence-corrected chi connectivity index (χ2v) is 6.52. The molecule has 0 spiro atoms. The summed E-state index contributed by atoms with van der Waals surface area (Å²) in [6, 6.07) is 5.65. The minimum atomic E-state index is 0.360. The van der Waals surface area contributed by atoms with E-state index in [1.165, 1.54) is 54.4 Å². The van der Waals surface area contributed by atoms with Crippen LogP contribution in [0.4, 0.5) is 0 Å². The SMILES string of the molecule is Cc1cc(C)c(C(CN)N(C)C2CCCCC2)c(C)c1. The minimum Gasteiger partial charge on any atom is -0.329 e. The summed E-state index contributed by atoms with van der Waals surface area (Å²) in [6.45, 7) is 7.34. The number of benzene rings is 1. The number of rotatable bonds is 4. The third kappa shape index (κ3) is 3.24. The molecule has 0 aromatic heterocycles.